The van der Waals surface area contributed by atoms with Crippen molar-refractivity contribution in [2.24, 2.45) is 5.92 Å². The molecule has 0 radical (unpaired) electrons. The predicted octanol–water partition coefficient (Wildman–Crippen LogP) is 2.45. The van der Waals surface area contributed by atoms with Gasteiger partial charge in [0.25, 0.3) is 5.97 Å². The zero-order valence-corrected chi connectivity index (χ0v) is 9.58. The Kier molecular flexibility index (Phi) is 11.4. The number of aliphatic carboxylic acids is 1. The molecule has 0 aliphatic rings. The number of hydrogen-bond donors (Lipinski definition) is 2. The van der Waals surface area contributed by atoms with Gasteiger partial charge in [-0.15, -0.1) is 0 Å². The highest BCUT2D eigenvalue weighted by Gasteiger charge is 1.96. The molecule has 0 spiro atoms. The molecule has 0 aromatic carbocycles. The van der Waals surface area contributed by atoms with Gasteiger partial charge in [0.1, 0.15) is 0 Å². The van der Waals surface area contributed by atoms with E-state index in [2.05, 4.69) is 26.8 Å². The molecule has 0 saturated heterocycles. The maximum absolute atomic E-state index is 9.00. The summed E-state index contributed by atoms with van der Waals surface area (Å²) in [5.41, 5.74) is 1.37. The predicted molar refractivity (Wildman–Crippen MR) is 58.2 cm³/mol. The van der Waals surface area contributed by atoms with E-state index in [4.69, 9.17) is 15.0 Å². The van der Waals surface area contributed by atoms with E-state index in [1.54, 1.807) is 0 Å². The molecule has 0 aliphatic carbocycles. The minimum absolute atomic E-state index is 0.317. The van der Waals surface area contributed by atoms with E-state index >= 15 is 0 Å². The molecule has 0 heterocycles. The van der Waals surface area contributed by atoms with Crippen molar-refractivity contribution < 1.29 is 15.0 Å². The van der Waals surface area contributed by atoms with Crippen LogP contribution in [0.4, 0.5) is 0 Å². The van der Waals surface area contributed by atoms with Crippen LogP contribution in [0.5, 0.6) is 0 Å². The lowest BCUT2D eigenvalue weighted by molar-refractivity contribution is -0.134. The second kappa shape index (κ2) is 10.3. The molecule has 0 aliphatic heterocycles. The van der Waals surface area contributed by atoms with E-state index < -0.39 is 5.97 Å². The van der Waals surface area contributed by atoms with Crippen LogP contribution in [-0.4, -0.2) is 22.8 Å². The van der Waals surface area contributed by atoms with E-state index in [-0.39, 0.29) is 0 Å². The SMILES string of the molecule is CC(=O)O.CC(C)=CCC(C)CCO. The van der Waals surface area contributed by atoms with Crippen LogP contribution in [0.1, 0.15) is 40.5 Å². The number of hydrogen-bond acceptors (Lipinski definition) is 2. The molecule has 3 heteroatoms. The van der Waals surface area contributed by atoms with Crippen LogP contribution in [0, 0.1) is 5.92 Å². The third-order valence-corrected chi connectivity index (χ3v) is 1.55. The van der Waals surface area contributed by atoms with Crippen LogP contribution in [0.2, 0.25) is 0 Å². The van der Waals surface area contributed by atoms with Crippen molar-refractivity contribution in [2.75, 3.05) is 6.61 Å². The van der Waals surface area contributed by atoms with Gasteiger partial charge in [-0.3, -0.25) is 4.79 Å². The molecule has 1 atom stereocenters. The lowest BCUT2D eigenvalue weighted by atomic mass is 10.0. The number of rotatable bonds is 4. The molecular weight excluding hydrogens is 180 g/mol. The van der Waals surface area contributed by atoms with Crippen LogP contribution < -0.4 is 0 Å². The fourth-order valence-electron chi connectivity index (χ4n) is 0.775. The maximum Gasteiger partial charge on any atom is 0.300 e. The number of carboxylic acid groups (broad SMARTS) is 1. The van der Waals surface area contributed by atoms with Crippen LogP contribution in [0.3, 0.4) is 0 Å². The summed E-state index contributed by atoms with van der Waals surface area (Å²) < 4.78 is 0. The Hall–Kier alpha value is -0.830. The number of aliphatic hydroxyl groups is 1. The quantitative estimate of drug-likeness (QED) is 0.688. The van der Waals surface area contributed by atoms with E-state index in [1.165, 1.54) is 5.57 Å². The van der Waals surface area contributed by atoms with Gasteiger partial charge in [-0.2, -0.15) is 0 Å². The van der Waals surface area contributed by atoms with Gasteiger partial charge >= 0.3 is 0 Å². The van der Waals surface area contributed by atoms with Crippen molar-refractivity contribution in [3.8, 4) is 0 Å². The molecule has 2 N–H and O–H groups in total. The third-order valence-electron chi connectivity index (χ3n) is 1.55. The minimum Gasteiger partial charge on any atom is -0.481 e. The highest BCUT2D eigenvalue weighted by Crippen LogP contribution is 2.08. The van der Waals surface area contributed by atoms with Crippen LogP contribution in [-0.2, 0) is 4.79 Å². The van der Waals surface area contributed by atoms with Gasteiger partial charge in [0, 0.05) is 13.5 Å². The van der Waals surface area contributed by atoms with E-state index in [9.17, 15) is 0 Å². The van der Waals surface area contributed by atoms with Crippen LogP contribution >= 0.6 is 0 Å². The Morgan fingerprint density at radius 3 is 2.07 bits per heavy atom. The van der Waals surface area contributed by atoms with Crippen molar-refractivity contribution in [2.45, 2.75) is 40.5 Å². The van der Waals surface area contributed by atoms with E-state index in [0.29, 0.717) is 12.5 Å². The molecule has 1 unspecified atom stereocenters. The largest absolute Gasteiger partial charge is 0.481 e. The molecule has 14 heavy (non-hydrogen) atoms. The van der Waals surface area contributed by atoms with Crippen molar-refractivity contribution in [1.82, 2.24) is 0 Å². The summed E-state index contributed by atoms with van der Waals surface area (Å²) in [6, 6.07) is 0. The summed E-state index contributed by atoms with van der Waals surface area (Å²) in [6.45, 7) is 7.77. The third kappa shape index (κ3) is 22.5. The number of carboxylic acids is 1. The summed E-state index contributed by atoms with van der Waals surface area (Å²) in [5.74, 6) is -0.208. The summed E-state index contributed by atoms with van der Waals surface area (Å²) in [4.78, 5) is 9.00. The van der Waals surface area contributed by atoms with Gasteiger partial charge in [-0.05, 0) is 32.6 Å². The molecule has 0 bridgehead atoms. The minimum atomic E-state index is -0.833. The smallest absolute Gasteiger partial charge is 0.300 e. The zero-order chi connectivity index (χ0) is 11.6. The average molecular weight is 202 g/mol. The van der Waals surface area contributed by atoms with E-state index in [0.717, 1.165) is 19.8 Å². The molecule has 0 aromatic heterocycles. The van der Waals surface area contributed by atoms with Crippen LogP contribution in [0.15, 0.2) is 11.6 Å². The zero-order valence-electron chi connectivity index (χ0n) is 9.58. The van der Waals surface area contributed by atoms with Crippen molar-refractivity contribution in [3.05, 3.63) is 11.6 Å². The molecule has 0 rings (SSSR count). The Labute approximate surface area is 86.5 Å². The number of carbonyl (C=O) groups is 1. The summed E-state index contributed by atoms with van der Waals surface area (Å²) in [5, 5.41) is 16.0. The molecule has 0 aromatic rings. The first-order chi connectivity index (χ1) is 6.40. The Morgan fingerprint density at radius 1 is 1.36 bits per heavy atom. The molecule has 3 nitrogen and oxygen atoms in total. The highest BCUT2D eigenvalue weighted by molar-refractivity contribution is 5.62. The fraction of sp³-hybridized carbons (Fsp3) is 0.727. The normalized spacial score (nSPS) is 10.9. The Balaban J connectivity index is 0. The summed E-state index contributed by atoms with van der Waals surface area (Å²) in [6.07, 6.45) is 4.24. The Bertz CT molecular complexity index is 165. The topological polar surface area (TPSA) is 57.5 Å². The van der Waals surface area contributed by atoms with Gasteiger partial charge in [-0.25, -0.2) is 0 Å². The van der Waals surface area contributed by atoms with Gasteiger partial charge in [0.2, 0.25) is 0 Å². The van der Waals surface area contributed by atoms with Gasteiger partial charge in [0.15, 0.2) is 0 Å². The second-order valence-electron chi connectivity index (χ2n) is 3.65. The lowest BCUT2D eigenvalue weighted by Gasteiger charge is -2.04. The summed E-state index contributed by atoms with van der Waals surface area (Å²) in [7, 11) is 0. The van der Waals surface area contributed by atoms with Crippen molar-refractivity contribution >= 4 is 5.97 Å². The lowest BCUT2D eigenvalue weighted by Crippen LogP contribution is -1.95. The van der Waals surface area contributed by atoms with Crippen molar-refractivity contribution in [3.63, 3.8) is 0 Å². The molecule has 0 fully saturated rings. The maximum atomic E-state index is 9.00. The van der Waals surface area contributed by atoms with Gasteiger partial charge < -0.3 is 10.2 Å². The first kappa shape index (κ1) is 15.6. The highest BCUT2D eigenvalue weighted by atomic mass is 16.4. The van der Waals surface area contributed by atoms with Crippen LogP contribution in [0.25, 0.3) is 0 Å². The monoisotopic (exact) mass is 202 g/mol. The molecular formula is C11H22O3. The van der Waals surface area contributed by atoms with E-state index in [1.807, 2.05) is 0 Å². The van der Waals surface area contributed by atoms with Gasteiger partial charge in [-0.1, -0.05) is 18.6 Å². The van der Waals surface area contributed by atoms with Gasteiger partial charge in [0.05, 0.1) is 0 Å². The molecule has 84 valence electrons. The average Bonchev–Trinajstić information content (AvgIpc) is 2.00. The standard InChI is InChI=1S/C9H18O.C2H4O2/c1-8(2)4-5-9(3)6-7-10;1-2(3)4/h4,9-10H,5-7H2,1-3H3;1H3,(H,3,4). The first-order valence-corrected chi connectivity index (χ1v) is 4.83. The Morgan fingerprint density at radius 2 is 1.79 bits per heavy atom. The van der Waals surface area contributed by atoms with Crippen molar-refractivity contribution in [1.29, 1.82) is 0 Å². The summed E-state index contributed by atoms with van der Waals surface area (Å²) >= 11 is 0. The number of allylic oxidation sites excluding steroid dienone is 2. The number of aliphatic hydroxyl groups excluding tert-OH is 1. The molecule has 0 amide bonds. The second-order valence-corrected chi connectivity index (χ2v) is 3.65. The fourth-order valence-corrected chi connectivity index (χ4v) is 0.775. The molecule has 0 saturated carbocycles. The first-order valence-electron chi connectivity index (χ1n) is 4.83.